The van der Waals surface area contributed by atoms with E-state index in [0.717, 1.165) is 11.8 Å². The molecule has 0 spiro atoms. The van der Waals surface area contributed by atoms with Crippen molar-refractivity contribution in [1.29, 1.82) is 0 Å². The Hall–Kier alpha value is -3.52. The van der Waals surface area contributed by atoms with Crippen molar-refractivity contribution >= 4 is 17.3 Å². The summed E-state index contributed by atoms with van der Waals surface area (Å²) < 4.78 is 39.1. The first-order valence-corrected chi connectivity index (χ1v) is 10.9. The highest BCUT2D eigenvalue weighted by atomic mass is 19.4. The monoisotopic (exact) mass is 471 g/mol. The largest absolute Gasteiger partial charge is 0.416 e. The molecule has 180 valence electrons. The SMILES string of the molecule is C=C/C=C(\C=C/C)C(C(=O)NO)c1ccc(N2CCN(c3cccc(C(F)(F)F)c3)CC2)cc1. The number of benzene rings is 2. The van der Waals surface area contributed by atoms with Crippen molar-refractivity contribution in [2.24, 2.45) is 0 Å². The van der Waals surface area contributed by atoms with Crippen LogP contribution in [0.2, 0.25) is 0 Å². The average Bonchev–Trinajstić information content (AvgIpc) is 2.84. The van der Waals surface area contributed by atoms with Crippen LogP contribution in [0.5, 0.6) is 0 Å². The molecule has 1 amide bonds. The number of carbonyl (C=O) groups is 1. The number of nitrogens with zero attached hydrogens (tertiary/aromatic N) is 2. The maximum atomic E-state index is 13.0. The lowest BCUT2D eigenvalue weighted by molar-refractivity contribution is -0.137. The van der Waals surface area contributed by atoms with Gasteiger partial charge in [-0.3, -0.25) is 10.0 Å². The second-order valence-electron chi connectivity index (χ2n) is 7.93. The highest BCUT2D eigenvalue weighted by Crippen LogP contribution is 2.32. The number of hydroxylamine groups is 1. The topological polar surface area (TPSA) is 55.8 Å². The molecule has 0 bridgehead atoms. The van der Waals surface area contributed by atoms with Gasteiger partial charge in [0.2, 0.25) is 0 Å². The van der Waals surface area contributed by atoms with Crippen LogP contribution in [0, 0.1) is 0 Å². The molecule has 0 aromatic heterocycles. The minimum Gasteiger partial charge on any atom is -0.368 e. The molecule has 34 heavy (non-hydrogen) atoms. The molecule has 1 atom stereocenters. The molecule has 1 aliphatic rings. The number of amides is 1. The molecule has 1 heterocycles. The number of piperazine rings is 1. The van der Waals surface area contributed by atoms with Crippen molar-refractivity contribution in [1.82, 2.24) is 5.48 Å². The van der Waals surface area contributed by atoms with Gasteiger partial charge in [-0.25, -0.2) is 5.48 Å². The number of allylic oxidation sites excluding steroid dienone is 4. The Balaban J connectivity index is 1.73. The normalized spacial score (nSPS) is 16.0. The fourth-order valence-corrected chi connectivity index (χ4v) is 4.12. The van der Waals surface area contributed by atoms with Crippen LogP contribution in [-0.2, 0) is 11.0 Å². The molecular formula is C26H28F3N3O2. The first-order valence-electron chi connectivity index (χ1n) is 10.9. The van der Waals surface area contributed by atoms with E-state index in [0.29, 0.717) is 43.0 Å². The van der Waals surface area contributed by atoms with Crippen molar-refractivity contribution in [3.05, 3.63) is 96.1 Å². The smallest absolute Gasteiger partial charge is 0.368 e. The van der Waals surface area contributed by atoms with Crippen LogP contribution in [-0.4, -0.2) is 37.3 Å². The van der Waals surface area contributed by atoms with E-state index >= 15 is 0 Å². The van der Waals surface area contributed by atoms with Gasteiger partial charge in [-0.1, -0.05) is 49.1 Å². The summed E-state index contributed by atoms with van der Waals surface area (Å²) in [7, 11) is 0. The molecule has 2 N–H and O–H groups in total. The summed E-state index contributed by atoms with van der Waals surface area (Å²) in [5, 5.41) is 9.24. The van der Waals surface area contributed by atoms with Gasteiger partial charge in [-0.15, -0.1) is 0 Å². The zero-order chi connectivity index (χ0) is 24.7. The molecular weight excluding hydrogens is 443 g/mol. The number of anilines is 2. The summed E-state index contributed by atoms with van der Waals surface area (Å²) in [5.74, 6) is -1.25. The van der Waals surface area contributed by atoms with Crippen LogP contribution < -0.4 is 15.3 Å². The zero-order valence-electron chi connectivity index (χ0n) is 18.9. The van der Waals surface area contributed by atoms with E-state index in [1.165, 1.54) is 12.1 Å². The standard InChI is InChI=1S/C26H28F3N3O2/c1-3-6-19(7-4-2)24(25(33)30-34)20-10-12-22(13-11-20)31-14-16-32(17-15-31)23-9-5-8-21(18-23)26(27,28)29/h3-13,18,24,34H,1,14-17H2,2H3,(H,30,33)/b7-4-,19-6+. The third-order valence-electron chi connectivity index (χ3n) is 5.79. The minimum atomic E-state index is -4.36. The Morgan fingerprint density at radius 2 is 1.68 bits per heavy atom. The van der Waals surface area contributed by atoms with E-state index in [-0.39, 0.29) is 0 Å². The lowest BCUT2D eigenvalue weighted by Gasteiger charge is -2.37. The molecule has 1 saturated heterocycles. The fraction of sp³-hybridized carbons (Fsp3) is 0.269. The molecule has 5 nitrogen and oxygen atoms in total. The summed E-state index contributed by atoms with van der Waals surface area (Å²) in [4.78, 5) is 16.5. The molecule has 0 aliphatic carbocycles. The summed E-state index contributed by atoms with van der Waals surface area (Å²) in [5.41, 5.74) is 4.01. The molecule has 2 aromatic carbocycles. The summed E-state index contributed by atoms with van der Waals surface area (Å²) in [6.07, 6.45) is 2.55. The third kappa shape index (κ3) is 5.88. The van der Waals surface area contributed by atoms with Crippen LogP contribution >= 0.6 is 0 Å². The van der Waals surface area contributed by atoms with Crippen LogP contribution in [0.1, 0.15) is 24.0 Å². The van der Waals surface area contributed by atoms with Gasteiger partial charge < -0.3 is 9.80 Å². The van der Waals surface area contributed by atoms with Crippen molar-refractivity contribution in [3.63, 3.8) is 0 Å². The minimum absolute atomic E-state index is 0.548. The maximum absolute atomic E-state index is 13.0. The quantitative estimate of drug-likeness (QED) is 0.327. The molecule has 0 radical (unpaired) electrons. The lowest BCUT2D eigenvalue weighted by Crippen LogP contribution is -2.46. The van der Waals surface area contributed by atoms with Crippen LogP contribution in [0.4, 0.5) is 24.5 Å². The van der Waals surface area contributed by atoms with Gasteiger partial charge in [0.25, 0.3) is 5.91 Å². The molecule has 3 rings (SSSR count). The highest BCUT2D eigenvalue weighted by Gasteiger charge is 2.31. The van der Waals surface area contributed by atoms with Gasteiger partial charge in [0.15, 0.2) is 0 Å². The Labute approximate surface area is 197 Å². The Morgan fingerprint density at radius 3 is 2.21 bits per heavy atom. The van der Waals surface area contributed by atoms with E-state index in [2.05, 4.69) is 11.5 Å². The summed E-state index contributed by atoms with van der Waals surface area (Å²) >= 11 is 0. The van der Waals surface area contributed by atoms with E-state index in [9.17, 15) is 23.2 Å². The Morgan fingerprint density at radius 1 is 1.06 bits per heavy atom. The van der Waals surface area contributed by atoms with Crippen molar-refractivity contribution in [3.8, 4) is 0 Å². The average molecular weight is 472 g/mol. The summed E-state index contributed by atoms with van der Waals surface area (Å²) in [6, 6.07) is 12.9. The van der Waals surface area contributed by atoms with Crippen molar-refractivity contribution < 1.29 is 23.2 Å². The van der Waals surface area contributed by atoms with Crippen LogP contribution in [0.3, 0.4) is 0 Å². The van der Waals surface area contributed by atoms with Crippen LogP contribution in [0.15, 0.2) is 85.0 Å². The number of halogens is 3. The summed E-state index contributed by atoms with van der Waals surface area (Å²) in [6.45, 7) is 8.01. The third-order valence-corrected chi connectivity index (χ3v) is 5.79. The number of hydrogen-bond donors (Lipinski definition) is 2. The van der Waals surface area contributed by atoms with Crippen molar-refractivity contribution in [2.45, 2.75) is 19.0 Å². The van der Waals surface area contributed by atoms with Gasteiger partial charge in [0.1, 0.15) is 0 Å². The van der Waals surface area contributed by atoms with Crippen molar-refractivity contribution in [2.75, 3.05) is 36.0 Å². The van der Waals surface area contributed by atoms with Gasteiger partial charge in [0.05, 0.1) is 11.5 Å². The Bertz CT molecular complexity index is 1050. The number of nitrogens with one attached hydrogen (secondary N) is 1. The number of carbonyl (C=O) groups excluding carboxylic acids is 1. The van der Waals surface area contributed by atoms with E-state index < -0.39 is 23.6 Å². The molecule has 8 heteroatoms. The van der Waals surface area contributed by atoms with Gasteiger partial charge in [-0.05, 0) is 48.4 Å². The number of alkyl halides is 3. The predicted molar refractivity (Wildman–Crippen MR) is 128 cm³/mol. The first kappa shape index (κ1) is 25.1. The van der Waals surface area contributed by atoms with Crippen LogP contribution in [0.25, 0.3) is 0 Å². The fourth-order valence-electron chi connectivity index (χ4n) is 4.12. The Kier molecular flexibility index (Phi) is 8.17. The van der Waals surface area contributed by atoms with E-state index in [1.807, 2.05) is 42.2 Å². The van der Waals surface area contributed by atoms with E-state index in [4.69, 9.17) is 0 Å². The molecule has 2 aromatic rings. The predicted octanol–water partition coefficient (Wildman–Crippen LogP) is 5.31. The van der Waals surface area contributed by atoms with Gasteiger partial charge in [-0.2, -0.15) is 13.2 Å². The first-order chi connectivity index (χ1) is 16.3. The lowest BCUT2D eigenvalue weighted by atomic mass is 9.89. The second-order valence-corrected chi connectivity index (χ2v) is 7.93. The number of rotatable bonds is 7. The molecule has 1 fully saturated rings. The molecule has 0 saturated carbocycles. The second kappa shape index (κ2) is 11.1. The maximum Gasteiger partial charge on any atom is 0.416 e. The molecule has 1 aliphatic heterocycles. The molecule has 1 unspecified atom stereocenters. The zero-order valence-corrected chi connectivity index (χ0v) is 18.9. The van der Waals surface area contributed by atoms with E-state index in [1.54, 1.807) is 29.8 Å². The van der Waals surface area contributed by atoms with Gasteiger partial charge >= 0.3 is 6.18 Å². The van der Waals surface area contributed by atoms with Gasteiger partial charge in [0, 0.05) is 37.6 Å². The highest BCUT2D eigenvalue weighted by molar-refractivity contribution is 5.87. The number of hydrogen-bond acceptors (Lipinski definition) is 4.